The zero-order valence-electron chi connectivity index (χ0n) is 14.6. The minimum Gasteiger partial charge on any atom is -0.421 e. The fraction of sp³-hybridized carbons (Fsp3) is 0.263. The molecule has 1 N–H and O–H groups in total. The predicted octanol–water partition coefficient (Wildman–Crippen LogP) is 2.97. The van der Waals surface area contributed by atoms with Gasteiger partial charge in [-0.3, -0.25) is 0 Å². The van der Waals surface area contributed by atoms with Crippen LogP contribution in [0.15, 0.2) is 59.0 Å². The van der Waals surface area contributed by atoms with Gasteiger partial charge in [-0.1, -0.05) is 30.3 Å². The number of hydrogen-bond acceptors (Lipinski definition) is 5. The number of halogens is 1. The van der Waals surface area contributed by atoms with E-state index in [0.29, 0.717) is 24.3 Å². The van der Waals surface area contributed by atoms with Crippen molar-refractivity contribution in [3.8, 4) is 11.5 Å². The highest BCUT2D eigenvalue weighted by Crippen LogP contribution is 2.18. The van der Waals surface area contributed by atoms with E-state index in [4.69, 9.17) is 4.42 Å². The van der Waals surface area contributed by atoms with Crippen LogP contribution >= 0.6 is 0 Å². The number of sulfonamides is 1. The summed E-state index contributed by atoms with van der Waals surface area (Å²) in [4.78, 5) is 0. The first kappa shape index (κ1) is 19.2. The van der Waals surface area contributed by atoms with Crippen molar-refractivity contribution in [2.45, 2.75) is 19.3 Å². The van der Waals surface area contributed by atoms with Crippen LogP contribution in [0.4, 0.5) is 4.39 Å². The van der Waals surface area contributed by atoms with Crippen molar-refractivity contribution in [2.75, 3.05) is 12.3 Å². The normalized spacial score (nSPS) is 11.6. The van der Waals surface area contributed by atoms with Crippen LogP contribution < -0.4 is 4.72 Å². The fourth-order valence-electron chi connectivity index (χ4n) is 2.56. The van der Waals surface area contributed by atoms with Crippen molar-refractivity contribution in [3.05, 3.63) is 71.9 Å². The van der Waals surface area contributed by atoms with Crippen LogP contribution in [0.5, 0.6) is 0 Å². The third-order valence-electron chi connectivity index (χ3n) is 3.94. The lowest BCUT2D eigenvalue weighted by molar-refractivity contribution is 0.501. The molecule has 0 bridgehead atoms. The third-order valence-corrected chi connectivity index (χ3v) is 5.41. The second-order valence-corrected chi connectivity index (χ2v) is 7.99. The molecule has 0 aliphatic rings. The zero-order valence-corrected chi connectivity index (χ0v) is 15.5. The van der Waals surface area contributed by atoms with Gasteiger partial charge in [0.1, 0.15) is 5.82 Å². The van der Waals surface area contributed by atoms with E-state index in [1.165, 1.54) is 12.1 Å². The van der Waals surface area contributed by atoms with Gasteiger partial charge in [-0.05, 0) is 42.7 Å². The van der Waals surface area contributed by atoms with Crippen molar-refractivity contribution in [2.24, 2.45) is 0 Å². The lowest BCUT2D eigenvalue weighted by Gasteiger charge is -2.05. The largest absolute Gasteiger partial charge is 0.421 e. The summed E-state index contributed by atoms with van der Waals surface area (Å²) in [6.07, 6.45) is 1.55. The standard InChI is InChI=1S/C19H20FN3O3S/c20-17-10-8-16(9-11-17)19-23-22-18(26-19)12-13-21-27(24,25)14-4-7-15-5-2-1-3-6-15/h1-3,5-6,8-11,21H,4,7,12-14H2. The number of rotatable bonds is 9. The highest BCUT2D eigenvalue weighted by molar-refractivity contribution is 7.89. The minimum absolute atomic E-state index is 0.0621. The summed E-state index contributed by atoms with van der Waals surface area (Å²) in [5, 5.41) is 7.79. The van der Waals surface area contributed by atoms with Crippen LogP contribution in [0.25, 0.3) is 11.5 Å². The first-order valence-electron chi connectivity index (χ1n) is 8.61. The van der Waals surface area contributed by atoms with Crippen LogP contribution in [-0.4, -0.2) is 30.9 Å². The summed E-state index contributed by atoms with van der Waals surface area (Å²) in [5.41, 5.74) is 1.73. The molecule has 6 nitrogen and oxygen atoms in total. The van der Waals surface area contributed by atoms with E-state index in [-0.39, 0.29) is 30.4 Å². The number of nitrogens with zero attached hydrogens (tertiary/aromatic N) is 2. The Morgan fingerprint density at radius 2 is 1.70 bits per heavy atom. The molecule has 0 saturated carbocycles. The highest BCUT2D eigenvalue weighted by atomic mass is 32.2. The molecule has 0 amide bonds. The summed E-state index contributed by atoms with van der Waals surface area (Å²) < 4.78 is 45.1. The predicted molar refractivity (Wildman–Crippen MR) is 99.9 cm³/mol. The van der Waals surface area contributed by atoms with Gasteiger partial charge in [0.15, 0.2) is 0 Å². The van der Waals surface area contributed by atoms with E-state index >= 15 is 0 Å². The topological polar surface area (TPSA) is 85.1 Å². The van der Waals surface area contributed by atoms with Crippen molar-refractivity contribution >= 4 is 10.0 Å². The second kappa shape index (κ2) is 8.88. The molecular formula is C19H20FN3O3S. The monoisotopic (exact) mass is 389 g/mol. The molecule has 3 rings (SSSR count). The summed E-state index contributed by atoms with van der Waals surface area (Å²) in [6, 6.07) is 15.5. The van der Waals surface area contributed by atoms with Crippen molar-refractivity contribution in [1.29, 1.82) is 0 Å². The summed E-state index contributed by atoms with van der Waals surface area (Å²) in [6.45, 7) is 0.179. The fourth-order valence-corrected chi connectivity index (χ4v) is 3.64. The Morgan fingerprint density at radius 3 is 2.44 bits per heavy atom. The van der Waals surface area contributed by atoms with Crippen LogP contribution in [-0.2, 0) is 22.9 Å². The average Bonchev–Trinajstić information content (AvgIpc) is 3.12. The minimum atomic E-state index is -3.35. The first-order chi connectivity index (χ1) is 13.0. The zero-order chi connectivity index (χ0) is 19.1. The van der Waals surface area contributed by atoms with E-state index < -0.39 is 10.0 Å². The number of nitrogens with one attached hydrogen (secondary N) is 1. The summed E-state index contributed by atoms with van der Waals surface area (Å²) in [5.74, 6) is 0.309. The van der Waals surface area contributed by atoms with E-state index in [0.717, 1.165) is 5.56 Å². The first-order valence-corrected chi connectivity index (χ1v) is 10.3. The van der Waals surface area contributed by atoms with Crippen molar-refractivity contribution < 1.29 is 17.2 Å². The second-order valence-electron chi connectivity index (χ2n) is 6.06. The van der Waals surface area contributed by atoms with Gasteiger partial charge in [0.05, 0.1) is 5.75 Å². The van der Waals surface area contributed by atoms with Gasteiger partial charge in [-0.25, -0.2) is 17.5 Å². The van der Waals surface area contributed by atoms with Gasteiger partial charge in [-0.2, -0.15) is 0 Å². The molecule has 0 aliphatic carbocycles. The Balaban J connectivity index is 1.44. The van der Waals surface area contributed by atoms with Crippen LogP contribution in [0.2, 0.25) is 0 Å². The molecule has 0 saturated heterocycles. The molecule has 1 aromatic heterocycles. The van der Waals surface area contributed by atoms with Gasteiger partial charge in [0, 0.05) is 18.5 Å². The molecule has 0 spiro atoms. The molecule has 27 heavy (non-hydrogen) atoms. The van der Waals surface area contributed by atoms with Gasteiger partial charge in [0.2, 0.25) is 21.8 Å². The number of aryl methyl sites for hydroxylation is 1. The van der Waals surface area contributed by atoms with Crippen molar-refractivity contribution in [1.82, 2.24) is 14.9 Å². The van der Waals surface area contributed by atoms with Gasteiger partial charge < -0.3 is 4.42 Å². The summed E-state index contributed by atoms with van der Waals surface area (Å²) in [7, 11) is -3.35. The van der Waals surface area contributed by atoms with E-state index in [2.05, 4.69) is 14.9 Å². The lowest BCUT2D eigenvalue weighted by atomic mass is 10.1. The molecule has 142 valence electrons. The number of benzene rings is 2. The molecular weight excluding hydrogens is 369 g/mol. The van der Waals surface area contributed by atoms with E-state index in [1.54, 1.807) is 12.1 Å². The van der Waals surface area contributed by atoms with E-state index in [9.17, 15) is 12.8 Å². The molecule has 3 aromatic rings. The lowest BCUT2D eigenvalue weighted by Crippen LogP contribution is -2.28. The molecule has 0 radical (unpaired) electrons. The third kappa shape index (κ3) is 5.97. The molecule has 0 unspecified atom stereocenters. The Hall–Kier alpha value is -2.58. The molecule has 2 aromatic carbocycles. The molecule has 1 heterocycles. The Kier molecular flexibility index (Phi) is 6.31. The highest BCUT2D eigenvalue weighted by Gasteiger charge is 2.12. The average molecular weight is 389 g/mol. The van der Waals surface area contributed by atoms with Crippen LogP contribution in [0.1, 0.15) is 17.9 Å². The van der Waals surface area contributed by atoms with Gasteiger partial charge >= 0.3 is 0 Å². The van der Waals surface area contributed by atoms with Crippen LogP contribution in [0.3, 0.4) is 0 Å². The van der Waals surface area contributed by atoms with Gasteiger partial charge in [0.25, 0.3) is 0 Å². The summed E-state index contributed by atoms with van der Waals surface area (Å²) >= 11 is 0. The number of aromatic nitrogens is 2. The molecule has 0 fully saturated rings. The maximum atomic E-state index is 12.9. The number of hydrogen-bond donors (Lipinski definition) is 1. The van der Waals surface area contributed by atoms with Gasteiger partial charge in [-0.15, -0.1) is 10.2 Å². The molecule has 0 aliphatic heterocycles. The SMILES string of the molecule is O=S(=O)(CCCc1ccccc1)NCCc1nnc(-c2ccc(F)cc2)o1. The van der Waals surface area contributed by atoms with Crippen molar-refractivity contribution in [3.63, 3.8) is 0 Å². The Labute approximate surface area is 157 Å². The maximum Gasteiger partial charge on any atom is 0.247 e. The smallest absolute Gasteiger partial charge is 0.247 e. The van der Waals surface area contributed by atoms with Crippen LogP contribution in [0, 0.1) is 5.82 Å². The maximum absolute atomic E-state index is 12.9. The molecule has 8 heteroatoms. The quantitative estimate of drug-likeness (QED) is 0.608. The Bertz CT molecular complexity index is 957. The van der Waals surface area contributed by atoms with E-state index in [1.807, 2.05) is 30.3 Å². The Morgan fingerprint density at radius 1 is 0.963 bits per heavy atom. The molecule has 0 atom stereocenters.